The summed E-state index contributed by atoms with van der Waals surface area (Å²) in [4.78, 5) is 20.8. The van der Waals surface area contributed by atoms with E-state index in [-0.39, 0.29) is 10.9 Å². The molecule has 0 aliphatic heterocycles. The van der Waals surface area contributed by atoms with E-state index in [0.29, 0.717) is 32.2 Å². The number of Topliss-reactive ketones (excluding diaryl/α,β-unsaturated/α-hetero) is 1. The van der Waals surface area contributed by atoms with Crippen LogP contribution in [-0.2, 0) is 0 Å². The molecule has 2 heterocycles. The van der Waals surface area contributed by atoms with Gasteiger partial charge in [-0.3, -0.25) is 4.79 Å². The molecule has 3 rings (SSSR count). The number of aryl methyl sites for hydroxylation is 1. The molecule has 0 bridgehead atoms. The fourth-order valence-electron chi connectivity index (χ4n) is 2.12. The number of hydrogen-bond acceptors (Lipinski definition) is 5. The van der Waals surface area contributed by atoms with Crippen molar-refractivity contribution in [2.24, 2.45) is 0 Å². The van der Waals surface area contributed by atoms with Gasteiger partial charge in [-0.15, -0.1) is 11.3 Å². The molecule has 0 N–H and O–H groups in total. The van der Waals surface area contributed by atoms with Crippen LogP contribution in [0.25, 0.3) is 10.6 Å². The lowest BCUT2D eigenvalue weighted by atomic mass is 10.2. The summed E-state index contributed by atoms with van der Waals surface area (Å²) in [5, 5.41) is 1.61. The predicted molar refractivity (Wildman–Crippen MR) is 96.6 cm³/mol. The van der Waals surface area contributed by atoms with E-state index >= 15 is 0 Å². The van der Waals surface area contributed by atoms with Crippen LogP contribution in [0.3, 0.4) is 0 Å². The minimum Gasteiger partial charge on any atom is -0.439 e. The van der Waals surface area contributed by atoms with E-state index in [2.05, 4.69) is 9.97 Å². The van der Waals surface area contributed by atoms with E-state index in [9.17, 15) is 4.79 Å². The second-order valence-corrected chi connectivity index (χ2v) is 6.89. The number of rotatable bonds is 4. The van der Waals surface area contributed by atoms with Crippen LogP contribution >= 0.6 is 34.5 Å². The van der Waals surface area contributed by atoms with Gasteiger partial charge in [-0.25, -0.2) is 9.97 Å². The number of ketones is 1. The Hall–Kier alpha value is -1.95. The van der Waals surface area contributed by atoms with Crippen molar-refractivity contribution in [2.75, 3.05) is 0 Å². The van der Waals surface area contributed by atoms with Crippen LogP contribution in [0.1, 0.15) is 22.3 Å². The van der Waals surface area contributed by atoms with Gasteiger partial charge in [0.1, 0.15) is 15.9 Å². The molecule has 0 atom stereocenters. The van der Waals surface area contributed by atoms with Crippen LogP contribution in [-0.4, -0.2) is 15.8 Å². The maximum Gasteiger partial charge on any atom is 0.221 e. The van der Waals surface area contributed by atoms with Gasteiger partial charge in [-0.1, -0.05) is 23.2 Å². The average molecular weight is 379 g/mol. The number of hydrogen-bond donors (Lipinski definition) is 0. The third-order valence-electron chi connectivity index (χ3n) is 3.17. The highest BCUT2D eigenvalue weighted by Crippen LogP contribution is 2.32. The summed E-state index contributed by atoms with van der Waals surface area (Å²) in [6, 6.07) is 10.4. The molecule has 0 saturated heterocycles. The van der Waals surface area contributed by atoms with Crippen molar-refractivity contribution in [3.8, 4) is 22.2 Å². The summed E-state index contributed by atoms with van der Waals surface area (Å²) in [6.07, 6.45) is 0. The third kappa shape index (κ3) is 3.75. The monoisotopic (exact) mass is 378 g/mol. The molecule has 0 unspecified atom stereocenters. The van der Waals surface area contributed by atoms with E-state index in [4.69, 9.17) is 27.9 Å². The Morgan fingerprint density at radius 1 is 1.12 bits per heavy atom. The maximum absolute atomic E-state index is 11.6. The molecule has 0 radical (unpaired) electrons. The molecule has 3 aromatic rings. The van der Waals surface area contributed by atoms with Gasteiger partial charge in [0.25, 0.3) is 0 Å². The van der Waals surface area contributed by atoms with Crippen molar-refractivity contribution in [2.45, 2.75) is 13.8 Å². The first-order valence-corrected chi connectivity index (χ1v) is 8.59. The van der Waals surface area contributed by atoms with Crippen LogP contribution < -0.4 is 4.74 Å². The highest BCUT2D eigenvalue weighted by molar-refractivity contribution is 7.17. The fourth-order valence-corrected chi connectivity index (χ4v) is 3.39. The van der Waals surface area contributed by atoms with E-state index < -0.39 is 0 Å². The number of pyridine rings is 1. The lowest BCUT2D eigenvalue weighted by molar-refractivity contribution is 0.102. The molecule has 0 aliphatic rings. The zero-order valence-corrected chi connectivity index (χ0v) is 15.2. The second kappa shape index (κ2) is 6.89. The molecule has 4 nitrogen and oxygen atoms in total. The molecule has 0 spiro atoms. The number of carbonyl (C=O) groups excluding carboxylic acids is 1. The lowest BCUT2D eigenvalue weighted by Gasteiger charge is -2.06. The number of halogens is 2. The van der Waals surface area contributed by atoms with Gasteiger partial charge in [0.2, 0.25) is 5.88 Å². The molecular formula is C17H12Cl2N2O2S. The van der Waals surface area contributed by atoms with Crippen LogP contribution in [0.15, 0.2) is 36.4 Å². The van der Waals surface area contributed by atoms with Gasteiger partial charge < -0.3 is 4.74 Å². The van der Waals surface area contributed by atoms with Crippen molar-refractivity contribution in [3.63, 3.8) is 0 Å². The van der Waals surface area contributed by atoms with E-state index in [1.54, 1.807) is 36.4 Å². The van der Waals surface area contributed by atoms with E-state index in [1.165, 1.54) is 18.3 Å². The van der Waals surface area contributed by atoms with Crippen molar-refractivity contribution in [1.29, 1.82) is 0 Å². The lowest BCUT2D eigenvalue weighted by Crippen LogP contribution is -1.90. The second-order valence-electron chi connectivity index (χ2n) is 5.06. The van der Waals surface area contributed by atoms with Crippen LogP contribution in [0.4, 0.5) is 0 Å². The van der Waals surface area contributed by atoms with Crippen LogP contribution in [0, 0.1) is 6.92 Å². The van der Waals surface area contributed by atoms with Crippen LogP contribution in [0.2, 0.25) is 10.2 Å². The molecule has 0 saturated carbocycles. The molecule has 0 aliphatic carbocycles. The number of carbonyl (C=O) groups is 1. The first-order chi connectivity index (χ1) is 11.4. The van der Waals surface area contributed by atoms with Crippen molar-refractivity contribution in [3.05, 3.63) is 57.1 Å². The summed E-state index contributed by atoms with van der Waals surface area (Å²) >= 11 is 13.3. The summed E-state index contributed by atoms with van der Waals surface area (Å²) in [6.45, 7) is 3.34. The van der Waals surface area contributed by atoms with Gasteiger partial charge in [-0.05, 0) is 37.3 Å². The number of ether oxygens (including phenoxy) is 1. The first kappa shape index (κ1) is 16.9. The first-order valence-electron chi connectivity index (χ1n) is 7.02. The quantitative estimate of drug-likeness (QED) is 0.424. The standard InChI is InChI=1S/C17H12Cl2N2O2S/c1-9-16(10(2)22)24-17(20-9)11-7-14(19)21-15(8-11)23-13-5-3-12(18)4-6-13/h3-8H,1-2H3. The van der Waals surface area contributed by atoms with E-state index in [0.717, 1.165) is 5.56 Å². The Labute approximate surface area is 153 Å². The fraction of sp³-hybridized carbons (Fsp3) is 0.118. The minimum absolute atomic E-state index is 0.00552. The molecule has 0 fully saturated rings. The summed E-state index contributed by atoms with van der Waals surface area (Å²) in [5.74, 6) is 0.936. The molecule has 0 amide bonds. The zero-order valence-electron chi connectivity index (χ0n) is 12.8. The Bertz CT molecular complexity index is 907. The normalized spacial score (nSPS) is 10.7. The number of nitrogens with zero attached hydrogens (tertiary/aromatic N) is 2. The summed E-state index contributed by atoms with van der Waals surface area (Å²) in [5.41, 5.74) is 1.45. The highest BCUT2D eigenvalue weighted by atomic mass is 35.5. The van der Waals surface area contributed by atoms with Gasteiger partial charge in [-0.2, -0.15) is 0 Å². The largest absolute Gasteiger partial charge is 0.439 e. The molecule has 24 heavy (non-hydrogen) atoms. The number of benzene rings is 1. The topological polar surface area (TPSA) is 52.1 Å². The van der Waals surface area contributed by atoms with Crippen molar-refractivity contribution in [1.82, 2.24) is 9.97 Å². The average Bonchev–Trinajstić information content (AvgIpc) is 2.91. The molecule has 122 valence electrons. The number of aromatic nitrogens is 2. The Balaban J connectivity index is 1.95. The van der Waals surface area contributed by atoms with Gasteiger partial charge >= 0.3 is 0 Å². The minimum atomic E-state index is -0.00552. The van der Waals surface area contributed by atoms with E-state index in [1.807, 2.05) is 6.92 Å². The van der Waals surface area contributed by atoms with Crippen molar-refractivity contribution < 1.29 is 9.53 Å². The molecule has 1 aromatic carbocycles. The van der Waals surface area contributed by atoms with Gasteiger partial charge in [0.15, 0.2) is 5.78 Å². The third-order valence-corrected chi connectivity index (χ3v) is 4.92. The number of thiazole rings is 1. The predicted octanol–water partition coefficient (Wildman–Crippen LogP) is 5.82. The van der Waals surface area contributed by atoms with Gasteiger partial charge in [0.05, 0.1) is 10.6 Å². The summed E-state index contributed by atoms with van der Waals surface area (Å²) < 4.78 is 5.72. The van der Waals surface area contributed by atoms with Crippen molar-refractivity contribution >= 4 is 40.3 Å². The molecular weight excluding hydrogens is 367 g/mol. The molecule has 7 heteroatoms. The highest BCUT2D eigenvalue weighted by Gasteiger charge is 2.14. The maximum atomic E-state index is 11.6. The Kier molecular flexibility index (Phi) is 4.85. The van der Waals surface area contributed by atoms with Gasteiger partial charge in [0, 0.05) is 23.6 Å². The zero-order chi connectivity index (χ0) is 17.3. The summed E-state index contributed by atoms with van der Waals surface area (Å²) in [7, 11) is 0. The smallest absolute Gasteiger partial charge is 0.221 e. The van der Waals surface area contributed by atoms with Crippen LogP contribution in [0.5, 0.6) is 11.6 Å². The molecule has 2 aromatic heterocycles. The Morgan fingerprint density at radius 2 is 1.83 bits per heavy atom. The Morgan fingerprint density at radius 3 is 2.46 bits per heavy atom. The SMILES string of the molecule is CC(=O)c1sc(-c2cc(Cl)nc(Oc3ccc(Cl)cc3)c2)nc1C.